The molecule has 108 valence electrons. The van der Waals surface area contributed by atoms with E-state index < -0.39 is 0 Å². The van der Waals surface area contributed by atoms with Gasteiger partial charge in [-0.2, -0.15) is 0 Å². The Morgan fingerprint density at radius 2 is 2.15 bits per heavy atom. The molecule has 0 bridgehead atoms. The Balaban J connectivity index is 1.68. The highest BCUT2D eigenvalue weighted by Crippen LogP contribution is 2.15. The molecule has 2 nitrogen and oxygen atoms in total. The molecule has 1 aromatic carbocycles. The highest BCUT2D eigenvalue weighted by atomic mass is 79.9. The summed E-state index contributed by atoms with van der Waals surface area (Å²) in [6, 6.07) is 10.7. The average molecular weight is 353 g/mol. The molecule has 0 saturated heterocycles. The van der Waals surface area contributed by atoms with Crippen LogP contribution in [-0.2, 0) is 13.1 Å². The van der Waals surface area contributed by atoms with Gasteiger partial charge in [-0.05, 0) is 48.7 Å². The van der Waals surface area contributed by atoms with Gasteiger partial charge in [-0.1, -0.05) is 28.1 Å². The van der Waals surface area contributed by atoms with Crippen LogP contribution in [0.25, 0.3) is 0 Å². The van der Waals surface area contributed by atoms with E-state index in [0.29, 0.717) is 0 Å². The first-order valence-electron chi connectivity index (χ1n) is 6.82. The van der Waals surface area contributed by atoms with Crippen molar-refractivity contribution in [3.63, 3.8) is 0 Å². The molecule has 1 heterocycles. The van der Waals surface area contributed by atoms with Crippen LogP contribution in [0, 0.1) is 6.92 Å². The maximum Gasteiger partial charge on any atom is 0.0302 e. The molecule has 0 unspecified atom stereocenters. The predicted octanol–water partition coefficient (Wildman–Crippen LogP) is 4.04. The minimum Gasteiger partial charge on any atom is -0.311 e. The van der Waals surface area contributed by atoms with Gasteiger partial charge in [0, 0.05) is 35.5 Å². The quantitative estimate of drug-likeness (QED) is 0.756. The van der Waals surface area contributed by atoms with Crippen LogP contribution >= 0.6 is 27.3 Å². The third kappa shape index (κ3) is 5.02. The zero-order valence-corrected chi connectivity index (χ0v) is 14.4. The Morgan fingerprint density at radius 1 is 1.30 bits per heavy atom. The summed E-state index contributed by atoms with van der Waals surface area (Å²) in [5.41, 5.74) is 2.74. The van der Waals surface area contributed by atoms with Crippen LogP contribution in [0.3, 0.4) is 0 Å². The van der Waals surface area contributed by atoms with Gasteiger partial charge in [-0.15, -0.1) is 11.3 Å². The molecule has 0 atom stereocenters. The van der Waals surface area contributed by atoms with Gasteiger partial charge in [0.1, 0.15) is 0 Å². The number of halogens is 1. The molecule has 0 saturated carbocycles. The Labute approximate surface area is 133 Å². The number of aryl methyl sites for hydroxylation is 1. The minimum absolute atomic E-state index is 0.980. The van der Waals surface area contributed by atoms with E-state index in [9.17, 15) is 0 Å². The largest absolute Gasteiger partial charge is 0.311 e. The summed E-state index contributed by atoms with van der Waals surface area (Å²) in [4.78, 5) is 3.79. The average Bonchev–Trinajstić information content (AvgIpc) is 2.80. The highest BCUT2D eigenvalue weighted by molar-refractivity contribution is 9.10. The summed E-state index contributed by atoms with van der Waals surface area (Å²) >= 11 is 5.35. The van der Waals surface area contributed by atoms with Gasteiger partial charge in [0.15, 0.2) is 0 Å². The number of thiophene rings is 1. The molecular formula is C16H21BrN2S. The van der Waals surface area contributed by atoms with Crippen LogP contribution in [0.5, 0.6) is 0 Å². The Bertz CT molecular complexity index is 539. The number of benzene rings is 1. The molecule has 4 heteroatoms. The molecule has 20 heavy (non-hydrogen) atoms. The molecule has 0 spiro atoms. The molecule has 2 rings (SSSR count). The van der Waals surface area contributed by atoms with E-state index in [1.54, 1.807) is 0 Å². The second-order valence-corrected chi connectivity index (χ2v) is 6.99. The fourth-order valence-electron chi connectivity index (χ4n) is 2.08. The van der Waals surface area contributed by atoms with Gasteiger partial charge in [0.25, 0.3) is 0 Å². The lowest BCUT2D eigenvalue weighted by Crippen LogP contribution is -2.28. The van der Waals surface area contributed by atoms with Gasteiger partial charge in [0.2, 0.25) is 0 Å². The lowest BCUT2D eigenvalue weighted by Gasteiger charge is -2.17. The van der Waals surface area contributed by atoms with Crippen molar-refractivity contribution in [3.05, 3.63) is 56.2 Å². The van der Waals surface area contributed by atoms with Crippen molar-refractivity contribution in [2.24, 2.45) is 0 Å². The second-order valence-electron chi connectivity index (χ2n) is 5.07. The van der Waals surface area contributed by atoms with Crippen LogP contribution in [0.1, 0.15) is 16.0 Å². The van der Waals surface area contributed by atoms with E-state index in [0.717, 1.165) is 30.7 Å². The van der Waals surface area contributed by atoms with Crippen molar-refractivity contribution in [1.29, 1.82) is 0 Å². The number of likely N-dealkylation sites (N-methyl/N-ethyl adjacent to an activating group) is 1. The zero-order valence-electron chi connectivity index (χ0n) is 12.0. The molecule has 0 fully saturated rings. The molecular weight excluding hydrogens is 332 g/mol. The number of hydrogen-bond donors (Lipinski definition) is 1. The SMILES string of the molecule is Cc1ccsc1CNCCN(C)Cc1cccc(Br)c1. The summed E-state index contributed by atoms with van der Waals surface area (Å²) in [5, 5.41) is 5.67. The first kappa shape index (κ1) is 15.7. The maximum absolute atomic E-state index is 3.52. The Kier molecular flexibility index (Phi) is 6.23. The monoisotopic (exact) mass is 352 g/mol. The predicted molar refractivity (Wildman–Crippen MR) is 91.2 cm³/mol. The van der Waals surface area contributed by atoms with Crippen LogP contribution in [0.4, 0.5) is 0 Å². The molecule has 1 aromatic heterocycles. The summed E-state index contributed by atoms with van der Waals surface area (Å²) in [5.74, 6) is 0. The van der Waals surface area contributed by atoms with Crippen LogP contribution in [0.15, 0.2) is 40.2 Å². The lowest BCUT2D eigenvalue weighted by molar-refractivity contribution is 0.324. The summed E-state index contributed by atoms with van der Waals surface area (Å²) in [6.45, 7) is 6.21. The standard InChI is InChI=1S/C16H21BrN2S/c1-13-6-9-20-16(13)11-18-7-8-19(2)12-14-4-3-5-15(17)10-14/h3-6,9-10,18H,7-8,11-12H2,1-2H3. The molecule has 0 aliphatic carbocycles. The van der Waals surface area contributed by atoms with Crippen molar-refractivity contribution in [2.45, 2.75) is 20.0 Å². The normalized spacial score (nSPS) is 11.2. The summed E-state index contributed by atoms with van der Waals surface area (Å²) in [6.07, 6.45) is 0. The van der Waals surface area contributed by atoms with Gasteiger partial charge in [-0.3, -0.25) is 0 Å². The van der Waals surface area contributed by atoms with E-state index >= 15 is 0 Å². The highest BCUT2D eigenvalue weighted by Gasteiger charge is 2.02. The van der Waals surface area contributed by atoms with Crippen molar-refractivity contribution in [1.82, 2.24) is 10.2 Å². The van der Waals surface area contributed by atoms with Crippen molar-refractivity contribution >= 4 is 27.3 Å². The number of rotatable bonds is 7. The summed E-state index contributed by atoms with van der Waals surface area (Å²) in [7, 11) is 2.17. The molecule has 1 N–H and O–H groups in total. The molecule has 0 aliphatic rings. The van der Waals surface area contributed by atoms with Crippen LogP contribution in [-0.4, -0.2) is 25.0 Å². The fraction of sp³-hybridized carbons (Fsp3) is 0.375. The topological polar surface area (TPSA) is 15.3 Å². The third-order valence-electron chi connectivity index (χ3n) is 3.27. The number of nitrogens with one attached hydrogen (secondary N) is 1. The second kappa shape index (κ2) is 7.93. The van der Waals surface area contributed by atoms with Crippen molar-refractivity contribution in [2.75, 3.05) is 20.1 Å². The fourth-order valence-corrected chi connectivity index (χ4v) is 3.41. The van der Waals surface area contributed by atoms with E-state index in [2.05, 4.69) is 75.8 Å². The molecule has 0 amide bonds. The first-order chi connectivity index (χ1) is 9.65. The summed E-state index contributed by atoms with van der Waals surface area (Å²) < 4.78 is 1.15. The maximum atomic E-state index is 3.52. The van der Waals surface area contributed by atoms with Crippen LogP contribution < -0.4 is 5.32 Å². The zero-order chi connectivity index (χ0) is 14.4. The van der Waals surface area contributed by atoms with Gasteiger partial charge >= 0.3 is 0 Å². The minimum atomic E-state index is 0.980. The molecule has 0 radical (unpaired) electrons. The Hall–Kier alpha value is -0.680. The first-order valence-corrected chi connectivity index (χ1v) is 8.49. The van der Waals surface area contributed by atoms with Crippen molar-refractivity contribution < 1.29 is 0 Å². The van der Waals surface area contributed by atoms with Crippen LogP contribution in [0.2, 0.25) is 0 Å². The molecule has 0 aliphatic heterocycles. The number of nitrogens with zero attached hydrogens (tertiary/aromatic N) is 1. The Morgan fingerprint density at radius 3 is 2.85 bits per heavy atom. The van der Waals surface area contributed by atoms with E-state index in [-0.39, 0.29) is 0 Å². The van der Waals surface area contributed by atoms with Gasteiger partial charge in [0.05, 0.1) is 0 Å². The third-order valence-corrected chi connectivity index (χ3v) is 4.78. The van der Waals surface area contributed by atoms with E-state index in [1.807, 2.05) is 11.3 Å². The van der Waals surface area contributed by atoms with Gasteiger partial charge in [-0.25, -0.2) is 0 Å². The lowest BCUT2D eigenvalue weighted by atomic mass is 10.2. The smallest absolute Gasteiger partial charge is 0.0302 e. The van der Waals surface area contributed by atoms with Crippen molar-refractivity contribution in [3.8, 4) is 0 Å². The van der Waals surface area contributed by atoms with E-state index in [1.165, 1.54) is 16.0 Å². The number of hydrogen-bond acceptors (Lipinski definition) is 3. The van der Waals surface area contributed by atoms with E-state index in [4.69, 9.17) is 0 Å². The van der Waals surface area contributed by atoms with Gasteiger partial charge < -0.3 is 10.2 Å². The molecule has 2 aromatic rings.